The summed E-state index contributed by atoms with van der Waals surface area (Å²) in [5.41, 5.74) is 2.53. The Morgan fingerprint density at radius 1 is 1.50 bits per heavy atom. The first-order valence-corrected chi connectivity index (χ1v) is 5.88. The summed E-state index contributed by atoms with van der Waals surface area (Å²) in [6, 6.07) is 0.601. The van der Waals surface area contributed by atoms with Crippen LogP contribution in [0.4, 0.5) is 0 Å². The Morgan fingerprint density at radius 3 is 2.69 bits per heavy atom. The lowest BCUT2D eigenvalue weighted by atomic mass is 9.94. The molecule has 1 aliphatic rings. The van der Waals surface area contributed by atoms with Gasteiger partial charge in [-0.3, -0.25) is 5.43 Å². The van der Waals surface area contributed by atoms with Crippen molar-refractivity contribution in [1.29, 1.82) is 0 Å². The molecular formula is C11H24N4O. The van der Waals surface area contributed by atoms with Gasteiger partial charge in [-0.1, -0.05) is 0 Å². The highest BCUT2D eigenvalue weighted by atomic mass is 16.5. The highest BCUT2D eigenvalue weighted by Crippen LogP contribution is 2.25. The minimum absolute atomic E-state index is 0.0794. The molecule has 1 saturated heterocycles. The maximum absolute atomic E-state index is 5.65. The zero-order valence-electron chi connectivity index (χ0n) is 10.7. The zero-order valence-corrected chi connectivity index (χ0v) is 10.7. The molecule has 4 N–H and O–H groups in total. The molecule has 94 valence electrons. The van der Waals surface area contributed by atoms with Crippen LogP contribution in [0.1, 0.15) is 40.5 Å². The first-order valence-electron chi connectivity index (χ1n) is 5.88. The normalized spacial score (nSPS) is 25.6. The molecule has 0 aromatic heterocycles. The van der Waals surface area contributed by atoms with Gasteiger partial charge in [-0.05, 0) is 40.5 Å². The summed E-state index contributed by atoms with van der Waals surface area (Å²) in [6.45, 7) is 9.07. The van der Waals surface area contributed by atoms with E-state index in [0.717, 1.165) is 19.4 Å². The summed E-state index contributed by atoms with van der Waals surface area (Å²) < 4.78 is 5.65. The smallest absolute Gasteiger partial charge is 0.206 e. The summed E-state index contributed by atoms with van der Waals surface area (Å²) >= 11 is 0. The molecule has 1 atom stereocenters. The average molecular weight is 228 g/mol. The van der Waals surface area contributed by atoms with Crippen molar-refractivity contribution < 1.29 is 4.74 Å². The molecule has 1 aliphatic heterocycles. The highest BCUT2D eigenvalue weighted by molar-refractivity contribution is 5.79. The molecule has 0 radical (unpaired) electrons. The van der Waals surface area contributed by atoms with E-state index in [1.807, 2.05) is 0 Å². The van der Waals surface area contributed by atoms with E-state index in [-0.39, 0.29) is 11.6 Å². The molecule has 0 amide bonds. The van der Waals surface area contributed by atoms with Gasteiger partial charge >= 0.3 is 0 Å². The van der Waals surface area contributed by atoms with Crippen LogP contribution in [0.2, 0.25) is 0 Å². The molecule has 16 heavy (non-hydrogen) atoms. The molecule has 1 fully saturated rings. The first-order chi connectivity index (χ1) is 7.43. The molecule has 0 spiro atoms. The van der Waals surface area contributed by atoms with E-state index in [9.17, 15) is 0 Å². The number of hydrazine groups is 1. The van der Waals surface area contributed by atoms with E-state index in [1.54, 1.807) is 0 Å². The molecule has 0 bridgehead atoms. The van der Waals surface area contributed by atoms with Crippen molar-refractivity contribution in [3.8, 4) is 0 Å². The van der Waals surface area contributed by atoms with Gasteiger partial charge in [-0.2, -0.15) is 0 Å². The summed E-state index contributed by atoms with van der Waals surface area (Å²) in [4.78, 5) is 4.58. The molecule has 1 rings (SSSR count). The molecule has 1 heterocycles. The van der Waals surface area contributed by atoms with Crippen LogP contribution in [0, 0.1) is 0 Å². The fourth-order valence-corrected chi connectivity index (χ4v) is 1.88. The van der Waals surface area contributed by atoms with Crippen molar-refractivity contribution in [2.75, 3.05) is 6.61 Å². The summed E-state index contributed by atoms with van der Waals surface area (Å²) in [7, 11) is 0. The monoisotopic (exact) mass is 228 g/mol. The Morgan fingerprint density at radius 2 is 2.19 bits per heavy atom. The standard InChI is InChI=1S/C11H24N4O/c1-8(2)13-10(15-12)14-9-5-6-16-11(3,4)7-9/h8-9H,5-7,12H2,1-4H3,(H2,13,14,15). The van der Waals surface area contributed by atoms with Crippen molar-refractivity contribution >= 4 is 5.96 Å². The largest absolute Gasteiger partial charge is 0.375 e. The second-order valence-electron chi connectivity index (χ2n) is 5.18. The minimum atomic E-state index is -0.0794. The highest BCUT2D eigenvalue weighted by Gasteiger charge is 2.28. The van der Waals surface area contributed by atoms with Gasteiger partial charge in [0.25, 0.3) is 0 Å². The number of nitrogens with zero attached hydrogens (tertiary/aromatic N) is 1. The number of hydrogen-bond donors (Lipinski definition) is 3. The van der Waals surface area contributed by atoms with Crippen molar-refractivity contribution in [2.45, 2.75) is 58.2 Å². The quantitative estimate of drug-likeness (QED) is 0.282. The summed E-state index contributed by atoms with van der Waals surface area (Å²) in [6.07, 6.45) is 1.88. The van der Waals surface area contributed by atoms with Crippen molar-refractivity contribution in [1.82, 2.24) is 10.7 Å². The van der Waals surface area contributed by atoms with Crippen LogP contribution < -0.4 is 16.6 Å². The van der Waals surface area contributed by atoms with Crippen LogP contribution in [0.3, 0.4) is 0 Å². The molecular weight excluding hydrogens is 204 g/mol. The fourth-order valence-electron chi connectivity index (χ4n) is 1.88. The van der Waals surface area contributed by atoms with Crippen LogP contribution in [0.15, 0.2) is 4.99 Å². The third-order valence-electron chi connectivity index (χ3n) is 2.54. The fraction of sp³-hybridized carbons (Fsp3) is 0.909. The summed E-state index contributed by atoms with van der Waals surface area (Å²) in [5, 5.41) is 3.18. The van der Waals surface area contributed by atoms with Crippen LogP contribution in [-0.2, 0) is 4.74 Å². The number of guanidine groups is 1. The molecule has 0 aliphatic carbocycles. The van der Waals surface area contributed by atoms with Gasteiger partial charge < -0.3 is 10.1 Å². The molecule has 0 aromatic carbocycles. The number of hydrogen-bond acceptors (Lipinski definition) is 3. The van der Waals surface area contributed by atoms with Crippen LogP contribution in [0.5, 0.6) is 0 Å². The second kappa shape index (κ2) is 5.50. The Kier molecular flexibility index (Phi) is 4.56. The predicted molar refractivity (Wildman–Crippen MR) is 66.1 cm³/mol. The van der Waals surface area contributed by atoms with Crippen molar-refractivity contribution in [3.63, 3.8) is 0 Å². The van der Waals surface area contributed by atoms with E-state index in [2.05, 4.69) is 43.4 Å². The Bertz CT molecular complexity index is 250. The van der Waals surface area contributed by atoms with Crippen molar-refractivity contribution in [2.24, 2.45) is 10.8 Å². The summed E-state index contributed by atoms with van der Waals surface area (Å²) in [5.74, 6) is 6.10. The van der Waals surface area contributed by atoms with Crippen molar-refractivity contribution in [3.05, 3.63) is 0 Å². The maximum atomic E-state index is 5.65. The number of ether oxygens (including phenoxy) is 1. The van der Waals surface area contributed by atoms with Gasteiger partial charge in [0.05, 0.1) is 11.6 Å². The van der Waals surface area contributed by atoms with E-state index in [4.69, 9.17) is 10.6 Å². The SMILES string of the molecule is CC(C)NC(=NC1CCOC(C)(C)C1)NN. The van der Waals surface area contributed by atoms with Crippen LogP contribution in [0.25, 0.3) is 0 Å². The van der Waals surface area contributed by atoms with Gasteiger partial charge in [-0.15, -0.1) is 0 Å². The third kappa shape index (κ3) is 4.37. The van der Waals surface area contributed by atoms with Crippen LogP contribution in [-0.4, -0.2) is 30.3 Å². The molecule has 5 heteroatoms. The first kappa shape index (κ1) is 13.3. The van der Waals surface area contributed by atoms with Gasteiger partial charge in [0, 0.05) is 12.6 Å². The number of nitrogens with one attached hydrogen (secondary N) is 2. The average Bonchev–Trinajstić information content (AvgIpc) is 2.14. The zero-order chi connectivity index (χ0) is 12.2. The molecule has 0 aromatic rings. The molecule has 1 unspecified atom stereocenters. The van der Waals surface area contributed by atoms with E-state index in [0.29, 0.717) is 12.0 Å². The lowest BCUT2D eigenvalue weighted by molar-refractivity contribution is -0.0576. The van der Waals surface area contributed by atoms with Crippen LogP contribution >= 0.6 is 0 Å². The Hall–Kier alpha value is -0.810. The second-order valence-corrected chi connectivity index (χ2v) is 5.18. The third-order valence-corrected chi connectivity index (χ3v) is 2.54. The van der Waals surface area contributed by atoms with E-state index >= 15 is 0 Å². The topological polar surface area (TPSA) is 71.7 Å². The molecule has 5 nitrogen and oxygen atoms in total. The van der Waals surface area contributed by atoms with E-state index in [1.165, 1.54) is 0 Å². The minimum Gasteiger partial charge on any atom is -0.375 e. The number of rotatable bonds is 2. The number of nitrogens with two attached hydrogens (primary N) is 1. The van der Waals surface area contributed by atoms with Gasteiger partial charge in [0.2, 0.25) is 5.96 Å². The number of aliphatic imine (C=N–C) groups is 1. The lowest BCUT2D eigenvalue weighted by Gasteiger charge is -2.34. The van der Waals surface area contributed by atoms with Gasteiger partial charge in [0.15, 0.2) is 0 Å². The Labute approximate surface area is 97.8 Å². The van der Waals surface area contributed by atoms with Gasteiger partial charge in [0.1, 0.15) is 0 Å². The maximum Gasteiger partial charge on any atom is 0.206 e. The molecule has 0 saturated carbocycles. The van der Waals surface area contributed by atoms with Gasteiger partial charge in [-0.25, -0.2) is 10.8 Å². The Balaban J connectivity index is 2.58. The lowest BCUT2D eigenvalue weighted by Crippen LogP contribution is -2.46. The van der Waals surface area contributed by atoms with E-state index < -0.39 is 0 Å². The predicted octanol–water partition coefficient (Wildman–Crippen LogP) is 0.761.